The average molecular weight is 444 g/mol. The highest BCUT2D eigenvalue weighted by atomic mass is 32.1. The summed E-state index contributed by atoms with van der Waals surface area (Å²) in [6, 6.07) is 21.3. The van der Waals surface area contributed by atoms with Crippen molar-refractivity contribution in [3.8, 4) is 11.4 Å². The number of carbonyl (C=O) groups is 1. The van der Waals surface area contributed by atoms with Crippen LogP contribution in [0.4, 0.5) is 10.1 Å². The number of aromatic nitrogens is 3. The van der Waals surface area contributed by atoms with E-state index in [0.29, 0.717) is 32.0 Å². The molecule has 1 amide bonds. The van der Waals surface area contributed by atoms with Gasteiger partial charge in [0.15, 0.2) is 0 Å². The van der Waals surface area contributed by atoms with Crippen molar-refractivity contribution in [2.45, 2.75) is 6.61 Å². The molecule has 0 spiro atoms. The summed E-state index contributed by atoms with van der Waals surface area (Å²) < 4.78 is 22.8. The van der Waals surface area contributed by atoms with Crippen LogP contribution in [0.15, 0.2) is 85.5 Å². The first kappa shape index (κ1) is 19.9. The van der Waals surface area contributed by atoms with Gasteiger partial charge in [0.05, 0.1) is 5.69 Å². The lowest BCUT2D eigenvalue weighted by molar-refractivity contribution is 0.102. The molecule has 0 atom stereocenters. The van der Waals surface area contributed by atoms with Crippen molar-refractivity contribution < 1.29 is 13.9 Å². The standard InChI is InChI=1S/C24H17FN4O2S/c25-20-7-4-8-21-22(20)19(13-31-18-5-2-1-3-6-18)23(32-21)24(30)28-16-9-11-17(12-10-16)29-15-26-14-27-29/h1-12,14-15H,13H2,(H,28,30). The molecule has 0 fully saturated rings. The number of carbonyl (C=O) groups excluding carboxylic acids is 1. The Morgan fingerprint density at radius 3 is 2.59 bits per heavy atom. The van der Waals surface area contributed by atoms with Gasteiger partial charge in [-0.1, -0.05) is 24.3 Å². The van der Waals surface area contributed by atoms with Gasteiger partial charge in [-0.05, 0) is 48.5 Å². The van der Waals surface area contributed by atoms with Gasteiger partial charge in [0.2, 0.25) is 0 Å². The minimum atomic E-state index is -0.373. The van der Waals surface area contributed by atoms with Crippen LogP contribution in [0.3, 0.4) is 0 Å². The van der Waals surface area contributed by atoms with Crippen LogP contribution in [0.25, 0.3) is 15.8 Å². The van der Waals surface area contributed by atoms with E-state index in [1.807, 2.05) is 42.5 Å². The van der Waals surface area contributed by atoms with E-state index in [-0.39, 0.29) is 18.3 Å². The highest BCUT2D eigenvalue weighted by Gasteiger charge is 2.21. The van der Waals surface area contributed by atoms with Gasteiger partial charge in [0, 0.05) is 21.3 Å². The number of amides is 1. The molecule has 2 heterocycles. The molecule has 0 radical (unpaired) electrons. The third-order valence-corrected chi connectivity index (χ3v) is 6.10. The molecule has 2 aromatic heterocycles. The topological polar surface area (TPSA) is 69.0 Å². The number of para-hydroxylation sites is 1. The van der Waals surface area contributed by atoms with E-state index in [9.17, 15) is 9.18 Å². The number of fused-ring (bicyclic) bond motifs is 1. The van der Waals surface area contributed by atoms with Crippen LogP contribution in [0.5, 0.6) is 5.75 Å². The zero-order chi connectivity index (χ0) is 21.9. The van der Waals surface area contributed by atoms with E-state index in [1.165, 1.54) is 23.7 Å². The summed E-state index contributed by atoms with van der Waals surface area (Å²) in [5.74, 6) is -0.0364. The van der Waals surface area contributed by atoms with Crippen LogP contribution in [0, 0.1) is 5.82 Å². The van der Waals surface area contributed by atoms with Crippen LogP contribution in [-0.2, 0) is 6.61 Å². The van der Waals surface area contributed by atoms with Crippen molar-refractivity contribution in [3.63, 3.8) is 0 Å². The van der Waals surface area contributed by atoms with E-state index in [4.69, 9.17) is 4.74 Å². The summed E-state index contributed by atoms with van der Waals surface area (Å²) in [6.45, 7) is 0.0823. The van der Waals surface area contributed by atoms with E-state index < -0.39 is 0 Å². The maximum atomic E-state index is 14.7. The first-order chi connectivity index (χ1) is 15.7. The smallest absolute Gasteiger partial charge is 0.266 e. The Morgan fingerprint density at radius 2 is 1.84 bits per heavy atom. The van der Waals surface area contributed by atoms with E-state index in [0.717, 1.165) is 5.69 Å². The van der Waals surface area contributed by atoms with Crippen LogP contribution in [0.2, 0.25) is 0 Å². The maximum absolute atomic E-state index is 14.7. The second-order valence-electron chi connectivity index (χ2n) is 6.97. The van der Waals surface area contributed by atoms with Gasteiger partial charge in [-0.15, -0.1) is 11.3 Å². The molecule has 0 unspecified atom stereocenters. The normalized spacial score (nSPS) is 10.9. The third kappa shape index (κ3) is 3.95. The fourth-order valence-electron chi connectivity index (χ4n) is 3.39. The maximum Gasteiger partial charge on any atom is 0.266 e. The van der Waals surface area contributed by atoms with Gasteiger partial charge in [0.25, 0.3) is 5.91 Å². The fraction of sp³-hybridized carbons (Fsp3) is 0.0417. The number of rotatable bonds is 6. The van der Waals surface area contributed by atoms with Crippen LogP contribution >= 0.6 is 11.3 Å². The van der Waals surface area contributed by atoms with Crippen molar-refractivity contribution in [2.75, 3.05) is 5.32 Å². The summed E-state index contributed by atoms with van der Waals surface area (Å²) in [5, 5.41) is 7.40. The second-order valence-corrected chi connectivity index (χ2v) is 8.02. The summed E-state index contributed by atoms with van der Waals surface area (Å²) in [5.41, 5.74) is 1.97. The molecule has 8 heteroatoms. The van der Waals surface area contributed by atoms with Gasteiger partial charge in [-0.25, -0.2) is 14.1 Å². The van der Waals surface area contributed by atoms with Gasteiger partial charge >= 0.3 is 0 Å². The Kier molecular flexibility index (Phi) is 5.35. The Hall–Kier alpha value is -4.04. The molecule has 6 nitrogen and oxygen atoms in total. The molecule has 0 aliphatic rings. The van der Waals surface area contributed by atoms with E-state index in [2.05, 4.69) is 15.4 Å². The molecule has 0 saturated heterocycles. The summed E-state index contributed by atoms with van der Waals surface area (Å²) in [4.78, 5) is 17.5. The Labute approximate surface area is 186 Å². The fourth-order valence-corrected chi connectivity index (χ4v) is 4.50. The zero-order valence-electron chi connectivity index (χ0n) is 16.7. The van der Waals surface area contributed by atoms with Crippen molar-refractivity contribution >= 4 is 33.0 Å². The largest absolute Gasteiger partial charge is 0.489 e. The minimum Gasteiger partial charge on any atom is -0.489 e. The Balaban J connectivity index is 1.43. The number of benzene rings is 3. The predicted molar refractivity (Wildman–Crippen MR) is 122 cm³/mol. The molecule has 32 heavy (non-hydrogen) atoms. The lowest BCUT2D eigenvalue weighted by Gasteiger charge is -2.09. The second kappa shape index (κ2) is 8.60. The first-order valence-corrected chi connectivity index (χ1v) is 10.6. The first-order valence-electron chi connectivity index (χ1n) is 9.83. The minimum absolute atomic E-state index is 0.0823. The molecule has 5 aromatic rings. The number of anilines is 1. The quantitative estimate of drug-likeness (QED) is 0.378. The monoisotopic (exact) mass is 444 g/mol. The molecule has 3 aromatic carbocycles. The SMILES string of the molecule is O=C(Nc1ccc(-n2cncn2)cc1)c1sc2cccc(F)c2c1COc1ccccc1. The van der Waals surface area contributed by atoms with Crippen molar-refractivity contribution in [3.05, 3.63) is 102 Å². The zero-order valence-corrected chi connectivity index (χ0v) is 17.6. The van der Waals surface area contributed by atoms with Crippen molar-refractivity contribution in [1.29, 1.82) is 0 Å². The van der Waals surface area contributed by atoms with Crippen LogP contribution in [0.1, 0.15) is 15.2 Å². The van der Waals surface area contributed by atoms with Gasteiger partial charge < -0.3 is 10.1 Å². The lowest BCUT2D eigenvalue weighted by Crippen LogP contribution is -2.13. The highest BCUT2D eigenvalue weighted by molar-refractivity contribution is 7.21. The van der Waals surface area contributed by atoms with Gasteiger partial charge in [-0.2, -0.15) is 5.10 Å². The molecule has 0 bridgehead atoms. The van der Waals surface area contributed by atoms with Gasteiger partial charge in [-0.3, -0.25) is 4.79 Å². The third-order valence-electron chi connectivity index (χ3n) is 4.90. The summed E-state index contributed by atoms with van der Waals surface area (Å²) in [6.07, 6.45) is 3.05. The Bertz CT molecular complexity index is 1370. The number of hydrogen-bond acceptors (Lipinski definition) is 5. The van der Waals surface area contributed by atoms with E-state index in [1.54, 1.807) is 35.3 Å². The number of nitrogens with one attached hydrogen (secondary N) is 1. The molecule has 0 aliphatic carbocycles. The molecule has 0 saturated carbocycles. The molecule has 158 valence electrons. The molecule has 1 N–H and O–H groups in total. The predicted octanol–water partition coefficient (Wildman–Crippen LogP) is 5.45. The highest BCUT2D eigenvalue weighted by Crippen LogP contribution is 2.34. The summed E-state index contributed by atoms with van der Waals surface area (Å²) in [7, 11) is 0. The number of thiophene rings is 1. The molecular formula is C24H17FN4O2S. The van der Waals surface area contributed by atoms with Crippen LogP contribution in [-0.4, -0.2) is 20.7 Å². The van der Waals surface area contributed by atoms with E-state index >= 15 is 0 Å². The Morgan fingerprint density at radius 1 is 1.03 bits per heavy atom. The molecular weight excluding hydrogens is 427 g/mol. The van der Waals surface area contributed by atoms with Crippen LogP contribution < -0.4 is 10.1 Å². The van der Waals surface area contributed by atoms with Crippen molar-refractivity contribution in [1.82, 2.24) is 14.8 Å². The average Bonchev–Trinajstić information content (AvgIpc) is 3.48. The number of halogens is 1. The van der Waals surface area contributed by atoms with Gasteiger partial charge in [0.1, 0.15) is 35.7 Å². The molecule has 0 aliphatic heterocycles. The number of hydrogen-bond donors (Lipinski definition) is 1. The number of nitrogens with zero attached hydrogens (tertiary/aromatic N) is 3. The molecule has 5 rings (SSSR count). The number of ether oxygens (including phenoxy) is 1. The van der Waals surface area contributed by atoms with Crippen molar-refractivity contribution in [2.24, 2.45) is 0 Å². The lowest BCUT2D eigenvalue weighted by atomic mass is 10.1. The summed E-state index contributed by atoms with van der Waals surface area (Å²) >= 11 is 1.25.